The third-order valence-corrected chi connectivity index (χ3v) is 11.1. The van der Waals surface area contributed by atoms with Gasteiger partial charge in [-0.05, 0) is 81.5 Å². The number of thioether (sulfide) groups is 2. The Kier molecular flexibility index (Phi) is 13.1. The Bertz CT molecular complexity index is 1020. The van der Waals surface area contributed by atoms with Gasteiger partial charge >= 0.3 is 0 Å². The third kappa shape index (κ3) is 9.10. The Balaban J connectivity index is 1.50. The smallest absolute Gasteiger partial charge is 0.240 e. The van der Waals surface area contributed by atoms with Crippen LogP contribution in [0.15, 0.2) is 29.2 Å². The summed E-state index contributed by atoms with van der Waals surface area (Å²) in [5, 5.41) is 38.7. The van der Waals surface area contributed by atoms with Crippen LogP contribution in [0.25, 0.3) is 0 Å². The lowest BCUT2D eigenvalue weighted by Crippen LogP contribution is -2.65. The molecule has 3 heterocycles. The standard InChI is InChI=1S/C32H53N3O6S2/c1-18(2)15-21-12-14-40-29-22(16-21)17-33-25(29)31(39)34-24(30-27(37)26(36)28(38)32(41-30)42-6)19(3)43-23-9-7-20(8-10-23)11-13-35(4)5/h7-10,18-19,21-22,24-30,32-33,36-38H,11-17H2,1-6H3,(H,34,39)/t19-,21-,22-,24+,25-,26?,27?,28+,29+,30+,32?/m0/s1. The minimum absolute atomic E-state index is 0.191. The molecular formula is C32H53N3O6S2. The number of likely N-dealkylation sites (N-methyl/N-ethyl adjacent to an activating group) is 1. The van der Waals surface area contributed by atoms with Crippen LogP contribution in [0.3, 0.4) is 0 Å². The molecule has 1 aromatic rings. The number of aliphatic hydroxyl groups excluding tert-OH is 3. The molecule has 0 aliphatic carbocycles. The molecule has 1 amide bonds. The van der Waals surface area contributed by atoms with Crippen molar-refractivity contribution < 1.29 is 29.6 Å². The third-order valence-electron chi connectivity index (χ3n) is 9.05. The predicted octanol–water partition coefficient (Wildman–Crippen LogP) is 2.36. The number of aliphatic hydroxyl groups is 3. The molecule has 1 aromatic carbocycles. The molecule has 5 N–H and O–H groups in total. The number of amides is 1. The van der Waals surface area contributed by atoms with E-state index >= 15 is 0 Å². The van der Waals surface area contributed by atoms with E-state index in [4.69, 9.17) is 9.47 Å². The van der Waals surface area contributed by atoms with E-state index in [1.54, 1.807) is 18.0 Å². The van der Waals surface area contributed by atoms with Crippen LogP contribution < -0.4 is 10.6 Å². The largest absolute Gasteiger partial charge is 0.388 e. The first-order valence-corrected chi connectivity index (χ1v) is 17.9. The Morgan fingerprint density at radius 1 is 1.12 bits per heavy atom. The highest BCUT2D eigenvalue weighted by molar-refractivity contribution is 8.00. The number of nitrogens with zero attached hydrogens (tertiary/aromatic N) is 1. The van der Waals surface area contributed by atoms with Gasteiger partial charge < -0.3 is 40.3 Å². The average molecular weight is 640 g/mol. The maximum atomic E-state index is 13.9. The summed E-state index contributed by atoms with van der Waals surface area (Å²) >= 11 is 2.86. The van der Waals surface area contributed by atoms with Crippen LogP contribution in [0.4, 0.5) is 0 Å². The molecule has 0 saturated carbocycles. The lowest BCUT2D eigenvalue weighted by molar-refractivity contribution is -0.205. The van der Waals surface area contributed by atoms with Gasteiger partial charge in [0, 0.05) is 29.8 Å². The molecule has 244 valence electrons. The molecular weight excluding hydrogens is 587 g/mol. The number of rotatable bonds is 12. The average Bonchev–Trinajstić information content (AvgIpc) is 3.25. The van der Waals surface area contributed by atoms with Crippen molar-refractivity contribution in [1.82, 2.24) is 15.5 Å². The van der Waals surface area contributed by atoms with Crippen molar-refractivity contribution in [2.24, 2.45) is 17.8 Å². The van der Waals surface area contributed by atoms with Gasteiger partial charge in [0.2, 0.25) is 5.91 Å². The summed E-state index contributed by atoms with van der Waals surface area (Å²) in [7, 11) is 4.12. The molecule has 0 aromatic heterocycles. The molecule has 0 spiro atoms. The zero-order chi connectivity index (χ0) is 31.3. The topological polar surface area (TPSA) is 124 Å². The van der Waals surface area contributed by atoms with Gasteiger partial charge in [0.05, 0.1) is 12.1 Å². The number of hydrogen-bond acceptors (Lipinski definition) is 10. The van der Waals surface area contributed by atoms with E-state index in [0.29, 0.717) is 18.4 Å². The van der Waals surface area contributed by atoms with Crippen molar-refractivity contribution in [3.63, 3.8) is 0 Å². The first-order valence-electron chi connectivity index (χ1n) is 15.8. The van der Waals surface area contributed by atoms with Gasteiger partial charge in [0.25, 0.3) is 0 Å². The first-order chi connectivity index (χ1) is 20.5. The molecule has 3 aliphatic heterocycles. The van der Waals surface area contributed by atoms with E-state index in [2.05, 4.69) is 67.7 Å². The van der Waals surface area contributed by atoms with Crippen LogP contribution in [-0.2, 0) is 20.7 Å². The van der Waals surface area contributed by atoms with E-state index in [1.807, 2.05) is 6.92 Å². The molecule has 9 nitrogen and oxygen atoms in total. The lowest BCUT2D eigenvalue weighted by atomic mass is 9.85. The van der Waals surface area contributed by atoms with Gasteiger partial charge in [-0.1, -0.05) is 32.9 Å². The highest BCUT2D eigenvalue weighted by Gasteiger charge is 2.50. The van der Waals surface area contributed by atoms with Crippen molar-refractivity contribution in [3.05, 3.63) is 29.8 Å². The minimum Gasteiger partial charge on any atom is -0.388 e. The predicted molar refractivity (Wildman–Crippen MR) is 173 cm³/mol. The number of carbonyl (C=O) groups is 1. The van der Waals surface area contributed by atoms with E-state index < -0.39 is 41.9 Å². The molecule has 4 rings (SSSR count). The number of ether oxygens (including phenoxy) is 2. The SMILES string of the molecule is CSC1O[C@H]([C@H](NC(=O)[C@H]2NC[C@@H]3C[C@H](CC(C)C)CCO[C@H]32)[C@H](C)Sc2ccc(CCN(C)C)cc2)C(O)C(O)[C@H]1O. The molecule has 3 saturated heterocycles. The van der Waals surface area contributed by atoms with E-state index in [9.17, 15) is 20.1 Å². The second-order valence-electron chi connectivity index (χ2n) is 13.2. The molecule has 3 unspecified atom stereocenters. The van der Waals surface area contributed by atoms with E-state index in [1.165, 1.54) is 23.7 Å². The Morgan fingerprint density at radius 2 is 1.84 bits per heavy atom. The number of fused-ring (bicyclic) bond motifs is 1. The molecule has 3 aliphatic rings. The molecule has 11 atom stereocenters. The fourth-order valence-electron chi connectivity index (χ4n) is 6.73. The maximum absolute atomic E-state index is 13.9. The summed E-state index contributed by atoms with van der Waals surface area (Å²) < 4.78 is 12.5. The second-order valence-corrected chi connectivity index (χ2v) is 15.6. The molecule has 3 fully saturated rings. The Labute approximate surface area is 266 Å². The Hall–Kier alpha value is -0.890. The van der Waals surface area contributed by atoms with Crippen molar-refractivity contribution in [2.45, 2.75) is 105 Å². The summed E-state index contributed by atoms with van der Waals surface area (Å²) in [6, 6.07) is 7.27. The quantitative estimate of drug-likeness (QED) is 0.218. The maximum Gasteiger partial charge on any atom is 0.240 e. The van der Waals surface area contributed by atoms with Gasteiger partial charge in [-0.25, -0.2) is 0 Å². The van der Waals surface area contributed by atoms with Crippen molar-refractivity contribution in [2.75, 3.05) is 40.0 Å². The molecule has 43 heavy (non-hydrogen) atoms. The highest BCUT2D eigenvalue weighted by atomic mass is 32.2. The molecule has 0 bridgehead atoms. The number of hydrogen-bond donors (Lipinski definition) is 5. The van der Waals surface area contributed by atoms with Gasteiger partial charge in [0.15, 0.2) is 0 Å². The van der Waals surface area contributed by atoms with E-state index in [-0.39, 0.29) is 23.2 Å². The number of nitrogens with one attached hydrogen (secondary N) is 2. The van der Waals surface area contributed by atoms with Crippen molar-refractivity contribution >= 4 is 29.4 Å². The summed E-state index contributed by atoms with van der Waals surface area (Å²) in [6.07, 6.45) is 0.869. The monoisotopic (exact) mass is 639 g/mol. The molecule has 0 radical (unpaired) electrons. The minimum atomic E-state index is -1.39. The zero-order valence-electron chi connectivity index (χ0n) is 26.5. The van der Waals surface area contributed by atoms with Crippen LogP contribution in [0, 0.1) is 17.8 Å². The number of carbonyl (C=O) groups excluding carboxylic acids is 1. The normalized spacial score (nSPS) is 34.5. The zero-order valence-corrected chi connectivity index (χ0v) is 28.2. The second kappa shape index (κ2) is 16.1. The number of benzene rings is 1. The van der Waals surface area contributed by atoms with Gasteiger partial charge in [-0.15, -0.1) is 23.5 Å². The summed E-state index contributed by atoms with van der Waals surface area (Å²) in [6.45, 7) is 8.86. The van der Waals surface area contributed by atoms with Crippen molar-refractivity contribution in [3.8, 4) is 0 Å². The summed E-state index contributed by atoms with van der Waals surface area (Å²) in [5.41, 5.74) is 0.524. The summed E-state index contributed by atoms with van der Waals surface area (Å²) in [4.78, 5) is 17.1. The first kappa shape index (κ1) is 35.0. The van der Waals surface area contributed by atoms with Gasteiger partial charge in [-0.2, -0.15) is 0 Å². The van der Waals surface area contributed by atoms with E-state index in [0.717, 1.165) is 37.2 Å². The molecule has 11 heteroatoms. The summed E-state index contributed by atoms with van der Waals surface area (Å²) in [5.74, 6) is 1.31. The lowest BCUT2D eigenvalue weighted by Gasteiger charge is -2.44. The fraction of sp³-hybridized carbons (Fsp3) is 0.781. The van der Waals surface area contributed by atoms with Crippen molar-refractivity contribution in [1.29, 1.82) is 0 Å². The Morgan fingerprint density at radius 3 is 2.49 bits per heavy atom. The fourth-order valence-corrected chi connectivity index (χ4v) is 8.50. The van der Waals surface area contributed by atoms with Crippen LogP contribution in [0.2, 0.25) is 0 Å². The van der Waals surface area contributed by atoms with Crippen LogP contribution in [0.1, 0.15) is 45.6 Å². The highest BCUT2D eigenvalue weighted by Crippen LogP contribution is 2.36. The van der Waals surface area contributed by atoms with Crippen LogP contribution in [-0.4, -0.2) is 119 Å². The van der Waals surface area contributed by atoms with Gasteiger partial charge in [-0.3, -0.25) is 4.79 Å². The van der Waals surface area contributed by atoms with Crippen LogP contribution in [0.5, 0.6) is 0 Å². The van der Waals surface area contributed by atoms with Crippen LogP contribution >= 0.6 is 23.5 Å². The van der Waals surface area contributed by atoms with Gasteiger partial charge in [0.1, 0.15) is 35.9 Å².